The van der Waals surface area contributed by atoms with Crippen LogP contribution in [0.5, 0.6) is 0 Å². The molecule has 2 aromatic heterocycles. The zero-order valence-corrected chi connectivity index (χ0v) is 11.7. The van der Waals surface area contributed by atoms with Crippen LogP contribution in [-0.4, -0.2) is 39.2 Å². The molecule has 0 saturated heterocycles. The van der Waals surface area contributed by atoms with Gasteiger partial charge in [0.15, 0.2) is 11.5 Å². The molecule has 1 aliphatic rings. The standard InChI is InChI=1S/C14H21N5O/c1-15-12-9-19-6-5-16-14(19)13(18-12)17-8-10-3-2-4-11(20)7-10/h5-6,9-11,15,20H,2-4,7-8H2,1H3,(H,17,18). The molecule has 0 aromatic carbocycles. The van der Waals surface area contributed by atoms with E-state index in [1.165, 1.54) is 6.42 Å². The third kappa shape index (κ3) is 2.70. The van der Waals surface area contributed by atoms with Gasteiger partial charge in [0.1, 0.15) is 5.82 Å². The van der Waals surface area contributed by atoms with Gasteiger partial charge in [-0.25, -0.2) is 9.97 Å². The van der Waals surface area contributed by atoms with Crippen molar-refractivity contribution in [2.75, 3.05) is 24.2 Å². The molecule has 6 nitrogen and oxygen atoms in total. The number of nitrogens with zero attached hydrogens (tertiary/aromatic N) is 3. The molecular formula is C14H21N5O. The highest BCUT2D eigenvalue weighted by Crippen LogP contribution is 2.25. The summed E-state index contributed by atoms with van der Waals surface area (Å²) in [6.45, 7) is 0.833. The molecule has 1 saturated carbocycles. The molecule has 1 fully saturated rings. The van der Waals surface area contributed by atoms with E-state index in [2.05, 4.69) is 20.6 Å². The maximum absolute atomic E-state index is 9.73. The first-order valence-electron chi connectivity index (χ1n) is 7.19. The van der Waals surface area contributed by atoms with Crippen LogP contribution in [-0.2, 0) is 0 Å². The number of hydrogen-bond donors (Lipinski definition) is 3. The quantitative estimate of drug-likeness (QED) is 0.792. The largest absolute Gasteiger partial charge is 0.393 e. The molecule has 2 aromatic rings. The van der Waals surface area contributed by atoms with Crippen molar-refractivity contribution in [2.24, 2.45) is 5.92 Å². The molecule has 20 heavy (non-hydrogen) atoms. The van der Waals surface area contributed by atoms with Crippen molar-refractivity contribution in [1.29, 1.82) is 0 Å². The van der Waals surface area contributed by atoms with Gasteiger partial charge in [0, 0.05) is 26.0 Å². The van der Waals surface area contributed by atoms with Gasteiger partial charge in [0.2, 0.25) is 0 Å². The van der Waals surface area contributed by atoms with Gasteiger partial charge in [-0.05, 0) is 25.2 Å². The second-order valence-corrected chi connectivity index (χ2v) is 5.45. The molecule has 3 N–H and O–H groups in total. The minimum atomic E-state index is -0.140. The number of aromatic nitrogens is 3. The summed E-state index contributed by atoms with van der Waals surface area (Å²) in [4.78, 5) is 8.86. The van der Waals surface area contributed by atoms with Crippen molar-refractivity contribution >= 4 is 17.3 Å². The SMILES string of the molecule is CNc1cn2ccnc2c(NCC2CCCC(O)C2)n1. The van der Waals surface area contributed by atoms with E-state index in [9.17, 15) is 5.11 Å². The highest BCUT2D eigenvalue weighted by molar-refractivity contribution is 5.65. The average Bonchev–Trinajstić information content (AvgIpc) is 2.93. The Morgan fingerprint density at radius 3 is 3.15 bits per heavy atom. The number of rotatable bonds is 4. The molecule has 0 amide bonds. The highest BCUT2D eigenvalue weighted by Gasteiger charge is 2.20. The van der Waals surface area contributed by atoms with E-state index in [1.807, 2.05) is 23.8 Å². The van der Waals surface area contributed by atoms with Crippen LogP contribution < -0.4 is 10.6 Å². The molecule has 3 rings (SSSR count). The Balaban J connectivity index is 1.74. The third-order valence-electron chi connectivity index (χ3n) is 3.94. The van der Waals surface area contributed by atoms with Crippen molar-refractivity contribution < 1.29 is 5.11 Å². The van der Waals surface area contributed by atoms with Crippen molar-refractivity contribution in [3.63, 3.8) is 0 Å². The lowest BCUT2D eigenvalue weighted by molar-refractivity contribution is 0.104. The second kappa shape index (κ2) is 5.66. The smallest absolute Gasteiger partial charge is 0.180 e. The molecule has 6 heteroatoms. The van der Waals surface area contributed by atoms with Gasteiger partial charge in [0.05, 0.1) is 12.3 Å². The maximum Gasteiger partial charge on any atom is 0.180 e. The number of imidazole rings is 1. The van der Waals surface area contributed by atoms with Crippen molar-refractivity contribution in [1.82, 2.24) is 14.4 Å². The first kappa shape index (κ1) is 13.2. The van der Waals surface area contributed by atoms with Crippen molar-refractivity contribution in [2.45, 2.75) is 31.8 Å². The summed E-state index contributed by atoms with van der Waals surface area (Å²) in [5.41, 5.74) is 0.834. The summed E-state index contributed by atoms with van der Waals surface area (Å²) >= 11 is 0. The Bertz CT molecular complexity index is 582. The van der Waals surface area contributed by atoms with Crippen LogP contribution in [0.25, 0.3) is 5.65 Å². The number of aliphatic hydroxyl groups is 1. The number of anilines is 2. The summed E-state index contributed by atoms with van der Waals surface area (Å²) < 4.78 is 1.96. The van der Waals surface area contributed by atoms with E-state index in [1.54, 1.807) is 6.20 Å². The van der Waals surface area contributed by atoms with Crippen molar-refractivity contribution in [3.05, 3.63) is 18.6 Å². The zero-order valence-electron chi connectivity index (χ0n) is 11.7. The van der Waals surface area contributed by atoms with E-state index in [0.29, 0.717) is 5.92 Å². The van der Waals surface area contributed by atoms with Crippen LogP contribution >= 0.6 is 0 Å². The molecule has 2 unspecified atom stereocenters. The first-order chi connectivity index (χ1) is 9.76. The van der Waals surface area contributed by atoms with Crippen LogP contribution in [0.15, 0.2) is 18.6 Å². The first-order valence-corrected chi connectivity index (χ1v) is 7.19. The molecule has 1 aliphatic carbocycles. The lowest BCUT2D eigenvalue weighted by Gasteiger charge is -2.26. The Morgan fingerprint density at radius 2 is 2.35 bits per heavy atom. The van der Waals surface area contributed by atoms with Crippen LogP contribution in [0, 0.1) is 5.92 Å². The van der Waals surface area contributed by atoms with E-state index in [4.69, 9.17) is 0 Å². The Labute approximate surface area is 118 Å². The molecule has 2 heterocycles. The van der Waals surface area contributed by atoms with E-state index in [0.717, 1.165) is 43.1 Å². The van der Waals surface area contributed by atoms with E-state index >= 15 is 0 Å². The molecular weight excluding hydrogens is 254 g/mol. The highest BCUT2D eigenvalue weighted by atomic mass is 16.3. The fraction of sp³-hybridized carbons (Fsp3) is 0.571. The van der Waals surface area contributed by atoms with Gasteiger partial charge in [0.25, 0.3) is 0 Å². The van der Waals surface area contributed by atoms with Gasteiger partial charge in [-0.3, -0.25) is 0 Å². The number of nitrogens with one attached hydrogen (secondary N) is 2. The molecule has 108 valence electrons. The molecule has 0 spiro atoms. The van der Waals surface area contributed by atoms with Gasteiger partial charge < -0.3 is 20.1 Å². The van der Waals surface area contributed by atoms with Gasteiger partial charge in [-0.2, -0.15) is 0 Å². The average molecular weight is 275 g/mol. The summed E-state index contributed by atoms with van der Waals surface area (Å²) in [6, 6.07) is 0. The molecule has 0 bridgehead atoms. The topological polar surface area (TPSA) is 74.5 Å². The van der Waals surface area contributed by atoms with Gasteiger partial charge in [-0.1, -0.05) is 6.42 Å². The number of hydrogen-bond acceptors (Lipinski definition) is 5. The van der Waals surface area contributed by atoms with Crippen LogP contribution in [0.3, 0.4) is 0 Å². The molecule has 0 radical (unpaired) electrons. The monoisotopic (exact) mass is 275 g/mol. The predicted octanol–water partition coefficient (Wildman–Crippen LogP) is 1.73. The Morgan fingerprint density at radius 1 is 1.45 bits per heavy atom. The fourth-order valence-corrected chi connectivity index (χ4v) is 2.86. The minimum Gasteiger partial charge on any atom is -0.393 e. The lowest BCUT2D eigenvalue weighted by Crippen LogP contribution is -2.25. The van der Waals surface area contributed by atoms with Gasteiger partial charge >= 0.3 is 0 Å². The normalized spacial score (nSPS) is 22.9. The molecule has 2 atom stereocenters. The Kier molecular flexibility index (Phi) is 3.73. The van der Waals surface area contributed by atoms with Crippen molar-refractivity contribution in [3.8, 4) is 0 Å². The summed E-state index contributed by atoms with van der Waals surface area (Å²) in [7, 11) is 1.85. The summed E-state index contributed by atoms with van der Waals surface area (Å²) in [5.74, 6) is 2.11. The van der Waals surface area contributed by atoms with Crippen LogP contribution in [0.4, 0.5) is 11.6 Å². The van der Waals surface area contributed by atoms with Gasteiger partial charge in [-0.15, -0.1) is 0 Å². The number of fused-ring (bicyclic) bond motifs is 1. The van der Waals surface area contributed by atoms with Crippen LogP contribution in [0.1, 0.15) is 25.7 Å². The second-order valence-electron chi connectivity index (χ2n) is 5.45. The van der Waals surface area contributed by atoms with E-state index < -0.39 is 0 Å². The zero-order chi connectivity index (χ0) is 13.9. The maximum atomic E-state index is 9.73. The van der Waals surface area contributed by atoms with E-state index in [-0.39, 0.29) is 6.10 Å². The lowest BCUT2D eigenvalue weighted by atomic mass is 9.87. The fourth-order valence-electron chi connectivity index (χ4n) is 2.86. The Hall–Kier alpha value is -1.82. The summed E-state index contributed by atoms with van der Waals surface area (Å²) in [6.07, 6.45) is 9.55. The van der Waals surface area contributed by atoms with Crippen LogP contribution in [0.2, 0.25) is 0 Å². The molecule has 0 aliphatic heterocycles. The minimum absolute atomic E-state index is 0.140. The predicted molar refractivity (Wildman–Crippen MR) is 79.0 cm³/mol. The number of aliphatic hydroxyl groups excluding tert-OH is 1. The third-order valence-corrected chi connectivity index (χ3v) is 3.94. The summed E-state index contributed by atoms with van der Waals surface area (Å²) in [5, 5.41) is 16.2.